The van der Waals surface area contributed by atoms with Crippen molar-refractivity contribution in [2.24, 2.45) is 0 Å². The molecule has 0 radical (unpaired) electrons. The summed E-state index contributed by atoms with van der Waals surface area (Å²) in [5, 5.41) is 5.79. The summed E-state index contributed by atoms with van der Waals surface area (Å²) in [4.78, 5) is 25.3. The van der Waals surface area contributed by atoms with Crippen LogP contribution >= 0.6 is 11.8 Å². The molecule has 4 rings (SSSR count). The first-order chi connectivity index (χ1) is 14.7. The minimum atomic E-state index is -0.175. The minimum Gasteiger partial charge on any atom is -0.489 e. The summed E-state index contributed by atoms with van der Waals surface area (Å²) in [7, 11) is 0. The molecule has 1 heterocycles. The molecule has 0 saturated heterocycles. The van der Waals surface area contributed by atoms with Gasteiger partial charge in [-0.1, -0.05) is 42.5 Å². The SMILES string of the molecule is O=C1CCSc2ccc(C(=O)NCc3ccc(OCc4ccccc4)cc3)cc2N1. The van der Waals surface area contributed by atoms with E-state index in [0.717, 1.165) is 27.5 Å². The Morgan fingerprint density at radius 3 is 2.60 bits per heavy atom. The van der Waals surface area contributed by atoms with Crippen molar-refractivity contribution in [3.63, 3.8) is 0 Å². The van der Waals surface area contributed by atoms with Gasteiger partial charge in [0.2, 0.25) is 5.91 Å². The predicted molar refractivity (Wildman–Crippen MR) is 119 cm³/mol. The second-order valence-electron chi connectivity index (χ2n) is 6.96. The molecule has 0 fully saturated rings. The number of ether oxygens (including phenoxy) is 1. The van der Waals surface area contributed by atoms with Gasteiger partial charge in [0, 0.05) is 29.2 Å². The van der Waals surface area contributed by atoms with Crippen LogP contribution in [0.25, 0.3) is 0 Å². The van der Waals surface area contributed by atoms with E-state index in [1.54, 1.807) is 23.9 Å². The van der Waals surface area contributed by atoms with Crippen LogP contribution in [0.15, 0.2) is 77.7 Å². The maximum atomic E-state index is 12.5. The number of amides is 2. The van der Waals surface area contributed by atoms with Crippen LogP contribution in [0.5, 0.6) is 5.75 Å². The van der Waals surface area contributed by atoms with Crippen molar-refractivity contribution in [2.45, 2.75) is 24.5 Å². The maximum absolute atomic E-state index is 12.5. The Kier molecular flexibility index (Phi) is 6.35. The summed E-state index contributed by atoms with van der Waals surface area (Å²) in [6, 6.07) is 23.1. The molecule has 0 aromatic heterocycles. The molecular weight excluding hydrogens is 396 g/mol. The van der Waals surface area contributed by atoms with Gasteiger partial charge in [-0.25, -0.2) is 0 Å². The highest BCUT2D eigenvalue weighted by atomic mass is 32.2. The van der Waals surface area contributed by atoms with E-state index in [1.807, 2.05) is 60.7 Å². The van der Waals surface area contributed by atoms with Crippen LogP contribution in [0.1, 0.15) is 27.9 Å². The lowest BCUT2D eigenvalue weighted by molar-refractivity contribution is -0.115. The number of hydrogen-bond acceptors (Lipinski definition) is 4. The lowest BCUT2D eigenvalue weighted by atomic mass is 10.1. The van der Waals surface area contributed by atoms with Crippen molar-refractivity contribution < 1.29 is 14.3 Å². The van der Waals surface area contributed by atoms with E-state index in [0.29, 0.717) is 30.8 Å². The van der Waals surface area contributed by atoms with Crippen LogP contribution < -0.4 is 15.4 Å². The van der Waals surface area contributed by atoms with Crippen molar-refractivity contribution in [3.05, 3.63) is 89.5 Å². The van der Waals surface area contributed by atoms with E-state index in [2.05, 4.69) is 10.6 Å². The molecule has 0 spiro atoms. The van der Waals surface area contributed by atoms with Crippen LogP contribution in [0, 0.1) is 0 Å². The van der Waals surface area contributed by atoms with Crippen LogP contribution in [-0.2, 0) is 17.9 Å². The molecule has 5 nitrogen and oxygen atoms in total. The number of carbonyl (C=O) groups is 2. The van der Waals surface area contributed by atoms with Crippen LogP contribution in [0.4, 0.5) is 5.69 Å². The average molecular weight is 419 g/mol. The largest absolute Gasteiger partial charge is 0.489 e. The molecule has 1 aliphatic rings. The number of nitrogens with one attached hydrogen (secondary N) is 2. The summed E-state index contributed by atoms with van der Waals surface area (Å²) >= 11 is 1.62. The molecule has 6 heteroatoms. The number of carbonyl (C=O) groups excluding carboxylic acids is 2. The van der Waals surface area contributed by atoms with Gasteiger partial charge in [0.05, 0.1) is 5.69 Å². The zero-order valence-electron chi connectivity index (χ0n) is 16.4. The van der Waals surface area contributed by atoms with Crippen LogP contribution in [0.3, 0.4) is 0 Å². The summed E-state index contributed by atoms with van der Waals surface area (Å²) < 4.78 is 5.79. The molecule has 0 atom stereocenters. The molecule has 0 saturated carbocycles. The Morgan fingerprint density at radius 1 is 1.00 bits per heavy atom. The van der Waals surface area contributed by atoms with Crippen molar-refractivity contribution in [1.82, 2.24) is 5.32 Å². The highest BCUT2D eigenvalue weighted by Crippen LogP contribution is 2.31. The quantitative estimate of drug-likeness (QED) is 0.613. The molecule has 0 aliphatic carbocycles. The summed E-state index contributed by atoms with van der Waals surface area (Å²) in [5.41, 5.74) is 3.33. The Hall–Kier alpha value is -3.25. The van der Waals surface area contributed by atoms with E-state index >= 15 is 0 Å². The zero-order chi connectivity index (χ0) is 20.8. The molecule has 0 unspecified atom stereocenters. The van der Waals surface area contributed by atoms with E-state index in [4.69, 9.17) is 4.74 Å². The van der Waals surface area contributed by atoms with Gasteiger partial charge < -0.3 is 15.4 Å². The van der Waals surface area contributed by atoms with Gasteiger partial charge in [0.1, 0.15) is 12.4 Å². The first kappa shape index (κ1) is 20.0. The molecule has 0 bridgehead atoms. The fourth-order valence-corrected chi connectivity index (χ4v) is 4.03. The van der Waals surface area contributed by atoms with E-state index < -0.39 is 0 Å². The standard InChI is InChI=1S/C24H22N2O3S/c27-23-12-13-30-22-11-8-19(14-21(22)26-23)24(28)25-15-17-6-9-20(10-7-17)29-16-18-4-2-1-3-5-18/h1-11,14H,12-13,15-16H2,(H,25,28)(H,26,27). The number of hydrogen-bond donors (Lipinski definition) is 2. The van der Waals surface area contributed by atoms with Gasteiger partial charge in [-0.15, -0.1) is 11.8 Å². The molecular formula is C24H22N2O3S. The maximum Gasteiger partial charge on any atom is 0.251 e. The summed E-state index contributed by atoms with van der Waals surface area (Å²) in [6.07, 6.45) is 0.478. The van der Waals surface area contributed by atoms with Crippen LogP contribution in [-0.4, -0.2) is 17.6 Å². The zero-order valence-corrected chi connectivity index (χ0v) is 17.2. The van der Waals surface area contributed by atoms with Gasteiger partial charge >= 0.3 is 0 Å². The first-order valence-corrected chi connectivity index (χ1v) is 10.8. The van der Waals surface area contributed by atoms with Crippen molar-refractivity contribution in [2.75, 3.05) is 11.1 Å². The number of fused-ring (bicyclic) bond motifs is 1. The Bertz CT molecular complexity index is 1040. The summed E-state index contributed by atoms with van der Waals surface area (Å²) in [5.74, 6) is 1.34. The highest BCUT2D eigenvalue weighted by molar-refractivity contribution is 7.99. The van der Waals surface area contributed by atoms with E-state index in [-0.39, 0.29) is 11.8 Å². The average Bonchev–Trinajstić information content (AvgIpc) is 2.97. The third-order valence-electron chi connectivity index (χ3n) is 4.73. The predicted octanol–water partition coefficient (Wildman–Crippen LogP) is 4.63. The molecule has 3 aromatic rings. The van der Waals surface area contributed by atoms with Gasteiger partial charge in [-0.3, -0.25) is 9.59 Å². The third kappa shape index (κ3) is 5.21. The second-order valence-corrected chi connectivity index (χ2v) is 8.10. The van der Waals surface area contributed by atoms with E-state index in [9.17, 15) is 9.59 Å². The highest BCUT2D eigenvalue weighted by Gasteiger charge is 2.15. The molecule has 2 N–H and O–H groups in total. The molecule has 152 valence electrons. The van der Waals surface area contributed by atoms with Gasteiger partial charge in [0.15, 0.2) is 0 Å². The minimum absolute atomic E-state index is 0.0200. The fourth-order valence-electron chi connectivity index (χ4n) is 3.09. The fraction of sp³-hybridized carbons (Fsp3) is 0.167. The van der Waals surface area contributed by atoms with Gasteiger partial charge in [-0.05, 0) is 41.5 Å². The van der Waals surface area contributed by atoms with E-state index in [1.165, 1.54) is 0 Å². The Labute approximate surface area is 179 Å². The van der Waals surface area contributed by atoms with Crippen molar-refractivity contribution >= 4 is 29.3 Å². The normalized spacial score (nSPS) is 13.0. The monoisotopic (exact) mass is 418 g/mol. The Balaban J connectivity index is 1.32. The number of rotatable bonds is 6. The second kappa shape index (κ2) is 9.50. The number of benzene rings is 3. The topological polar surface area (TPSA) is 67.4 Å². The third-order valence-corrected chi connectivity index (χ3v) is 5.80. The van der Waals surface area contributed by atoms with Crippen molar-refractivity contribution in [3.8, 4) is 5.75 Å². The smallest absolute Gasteiger partial charge is 0.251 e. The van der Waals surface area contributed by atoms with Gasteiger partial charge in [-0.2, -0.15) is 0 Å². The molecule has 1 aliphatic heterocycles. The first-order valence-electron chi connectivity index (χ1n) is 9.78. The lowest BCUT2D eigenvalue weighted by Gasteiger charge is -2.10. The van der Waals surface area contributed by atoms with Gasteiger partial charge in [0.25, 0.3) is 5.91 Å². The number of anilines is 1. The lowest BCUT2D eigenvalue weighted by Crippen LogP contribution is -2.23. The molecule has 2 amide bonds. The molecule has 30 heavy (non-hydrogen) atoms. The van der Waals surface area contributed by atoms with Crippen LogP contribution in [0.2, 0.25) is 0 Å². The molecule has 3 aromatic carbocycles. The Morgan fingerprint density at radius 2 is 1.80 bits per heavy atom. The van der Waals surface area contributed by atoms with Crippen molar-refractivity contribution in [1.29, 1.82) is 0 Å². The summed E-state index contributed by atoms with van der Waals surface area (Å²) in [6.45, 7) is 0.931. The number of thioether (sulfide) groups is 1.